The number of carbonyl (C=O) groups excluding carboxylic acids is 2. The lowest BCUT2D eigenvalue weighted by Gasteiger charge is -2.41. The molecule has 3 saturated heterocycles. The Bertz CT molecular complexity index is 1040. The van der Waals surface area contributed by atoms with Crippen molar-refractivity contribution in [3.05, 3.63) is 28.4 Å². The van der Waals surface area contributed by atoms with Crippen molar-refractivity contribution in [3.8, 4) is 0 Å². The van der Waals surface area contributed by atoms with Crippen LogP contribution in [0.1, 0.15) is 37.7 Å². The van der Waals surface area contributed by atoms with Gasteiger partial charge >= 0.3 is 6.09 Å². The Labute approximate surface area is 220 Å². The van der Waals surface area contributed by atoms with Gasteiger partial charge in [-0.05, 0) is 59.3 Å². The molecule has 1 atom stereocenters. The third-order valence-corrected chi connectivity index (χ3v) is 8.19. The van der Waals surface area contributed by atoms with Crippen molar-refractivity contribution in [2.45, 2.75) is 50.6 Å². The number of halogens is 1. The SMILES string of the molecule is O=C(NC(Cc1cc(Br)c2[nH]ncc2c1)C(=O)N1CCC(N2CCNCC2)CC1)ON1CCCCC1. The number of carbonyl (C=O) groups is 2. The van der Waals surface area contributed by atoms with E-state index >= 15 is 0 Å². The van der Waals surface area contributed by atoms with Crippen LogP contribution in [-0.4, -0.2) is 102 Å². The molecule has 0 saturated carbocycles. The van der Waals surface area contributed by atoms with E-state index in [4.69, 9.17) is 4.84 Å². The van der Waals surface area contributed by atoms with Gasteiger partial charge in [0.2, 0.25) is 5.91 Å². The summed E-state index contributed by atoms with van der Waals surface area (Å²) in [6.45, 7) is 7.06. The van der Waals surface area contributed by atoms with Gasteiger partial charge in [0, 0.05) is 74.7 Å². The molecule has 1 aromatic carbocycles. The molecule has 0 bridgehead atoms. The van der Waals surface area contributed by atoms with Crippen molar-refractivity contribution in [3.63, 3.8) is 0 Å². The Hall–Kier alpha value is -2.21. The maximum absolute atomic E-state index is 13.7. The first kappa shape index (κ1) is 25.4. The average molecular weight is 563 g/mol. The van der Waals surface area contributed by atoms with Crippen molar-refractivity contribution >= 4 is 38.8 Å². The molecule has 1 unspecified atom stereocenters. The molecule has 2 aromatic rings. The van der Waals surface area contributed by atoms with Crippen LogP contribution >= 0.6 is 15.9 Å². The Morgan fingerprint density at radius 3 is 2.58 bits per heavy atom. The van der Waals surface area contributed by atoms with E-state index in [-0.39, 0.29) is 5.91 Å². The Morgan fingerprint density at radius 1 is 1.08 bits per heavy atom. The summed E-state index contributed by atoms with van der Waals surface area (Å²) in [4.78, 5) is 36.5. The van der Waals surface area contributed by atoms with E-state index in [9.17, 15) is 9.59 Å². The summed E-state index contributed by atoms with van der Waals surface area (Å²) in [6, 6.07) is 3.81. The van der Waals surface area contributed by atoms with E-state index < -0.39 is 12.1 Å². The minimum Gasteiger partial charge on any atom is -0.351 e. The number of aromatic nitrogens is 2. The van der Waals surface area contributed by atoms with E-state index in [0.29, 0.717) is 25.6 Å². The fourth-order valence-electron chi connectivity index (χ4n) is 5.59. The summed E-state index contributed by atoms with van der Waals surface area (Å²) in [7, 11) is 0. The lowest BCUT2D eigenvalue weighted by Crippen LogP contribution is -2.56. The van der Waals surface area contributed by atoms with E-state index in [1.807, 2.05) is 17.0 Å². The molecule has 11 heteroatoms. The van der Waals surface area contributed by atoms with Crippen LogP contribution in [-0.2, 0) is 16.1 Å². The van der Waals surface area contributed by atoms with Gasteiger partial charge in [0.15, 0.2) is 0 Å². The average Bonchev–Trinajstić information content (AvgIpc) is 3.38. The number of piperidine rings is 2. The topological polar surface area (TPSA) is 106 Å². The minimum atomic E-state index is -0.700. The number of nitrogens with zero attached hydrogens (tertiary/aromatic N) is 4. The highest BCUT2D eigenvalue weighted by atomic mass is 79.9. The molecule has 36 heavy (non-hydrogen) atoms. The smallest absolute Gasteiger partial charge is 0.351 e. The number of benzene rings is 1. The summed E-state index contributed by atoms with van der Waals surface area (Å²) in [6.07, 6.45) is 6.68. The standard InChI is InChI=1S/C25H36BrN7O3/c26-21-15-18(14-19-17-28-30-23(19)21)16-22(29-25(35)36-33-8-2-1-3-9-33)24(34)32-10-4-20(5-11-32)31-12-6-27-7-13-31/h14-15,17,20,22,27H,1-13,16H2,(H,28,30)(H,29,35). The van der Waals surface area contributed by atoms with Crippen molar-refractivity contribution in [2.24, 2.45) is 0 Å². The number of nitrogens with one attached hydrogen (secondary N) is 3. The molecule has 3 N–H and O–H groups in total. The van der Waals surface area contributed by atoms with Crippen molar-refractivity contribution in [1.29, 1.82) is 0 Å². The van der Waals surface area contributed by atoms with Crippen LogP contribution in [0.25, 0.3) is 10.9 Å². The van der Waals surface area contributed by atoms with Crippen LogP contribution in [0.3, 0.4) is 0 Å². The highest BCUT2D eigenvalue weighted by Crippen LogP contribution is 2.25. The Balaban J connectivity index is 1.26. The van der Waals surface area contributed by atoms with E-state index in [1.54, 1.807) is 11.3 Å². The molecule has 3 aliphatic heterocycles. The molecule has 196 valence electrons. The Kier molecular flexibility index (Phi) is 8.40. The normalized spacial score (nSPS) is 21.4. The number of aromatic amines is 1. The van der Waals surface area contributed by atoms with Crippen molar-refractivity contribution in [2.75, 3.05) is 52.4 Å². The van der Waals surface area contributed by atoms with Crippen molar-refractivity contribution < 1.29 is 14.4 Å². The molecule has 0 radical (unpaired) electrons. The highest BCUT2D eigenvalue weighted by Gasteiger charge is 2.32. The molecular formula is C25H36BrN7O3. The first-order valence-electron chi connectivity index (χ1n) is 13.2. The zero-order chi connectivity index (χ0) is 24.9. The summed E-state index contributed by atoms with van der Waals surface area (Å²) < 4.78 is 0.881. The zero-order valence-electron chi connectivity index (χ0n) is 20.7. The van der Waals surface area contributed by atoms with Gasteiger partial charge in [-0.15, -0.1) is 5.06 Å². The first-order chi connectivity index (χ1) is 17.6. The summed E-state index contributed by atoms with van der Waals surface area (Å²) in [5.74, 6) is -0.0484. The van der Waals surface area contributed by atoms with Crippen LogP contribution in [0, 0.1) is 0 Å². The number of likely N-dealkylation sites (tertiary alicyclic amines) is 1. The van der Waals surface area contributed by atoms with Gasteiger partial charge in [0.1, 0.15) is 6.04 Å². The predicted molar refractivity (Wildman–Crippen MR) is 140 cm³/mol. The molecule has 0 spiro atoms. The lowest BCUT2D eigenvalue weighted by molar-refractivity contribution is -0.136. The number of hydroxylamine groups is 2. The largest absolute Gasteiger partial charge is 0.426 e. The van der Waals surface area contributed by atoms with Gasteiger partial charge < -0.3 is 20.4 Å². The van der Waals surface area contributed by atoms with Gasteiger partial charge in [-0.2, -0.15) is 5.10 Å². The van der Waals surface area contributed by atoms with Crippen LogP contribution in [0.5, 0.6) is 0 Å². The third-order valence-electron chi connectivity index (χ3n) is 7.56. The fraction of sp³-hybridized carbons (Fsp3) is 0.640. The summed E-state index contributed by atoms with van der Waals surface area (Å²) in [5.41, 5.74) is 1.86. The number of piperazine rings is 1. The van der Waals surface area contributed by atoms with Crippen LogP contribution < -0.4 is 10.6 Å². The second-order valence-electron chi connectivity index (χ2n) is 10.0. The van der Waals surface area contributed by atoms with E-state index in [1.165, 1.54) is 0 Å². The number of hydrogen-bond donors (Lipinski definition) is 3. The second-order valence-corrected chi connectivity index (χ2v) is 10.9. The Morgan fingerprint density at radius 2 is 1.83 bits per heavy atom. The van der Waals surface area contributed by atoms with Gasteiger partial charge in [0.25, 0.3) is 0 Å². The molecule has 4 heterocycles. The fourth-order valence-corrected chi connectivity index (χ4v) is 6.20. The summed E-state index contributed by atoms with van der Waals surface area (Å²) in [5, 5.41) is 16.1. The number of amides is 2. The monoisotopic (exact) mass is 561 g/mol. The molecule has 3 fully saturated rings. The van der Waals surface area contributed by atoms with Gasteiger partial charge in [-0.1, -0.05) is 6.42 Å². The summed E-state index contributed by atoms with van der Waals surface area (Å²) >= 11 is 3.60. The molecule has 5 rings (SSSR count). The van der Waals surface area contributed by atoms with Gasteiger partial charge in [-0.25, -0.2) is 4.79 Å². The van der Waals surface area contributed by atoms with Crippen LogP contribution in [0.4, 0.5) is 4.79 Å². The number of rotatable bonds is 6. The van der Waals surface area contributed by atoms with Crippen LogP contribution in [0.2, 0.25) is 0 Å². The van der Waals surface area contributed by atoms with Crippen LogP contribution in [0.15, 0.2) is 22.8 Å². The molecule has 0 aliphatic carbocycles. The first-order valence-corrected chi connectivity index (χ1v) is 13.9. The van der Waals surface area contributed by atoms with E-state index in [2.05, 4.69) is 41.7 Å². The molecule has 10 nitrogen and oxygen atoms in total. The number of H-pyrrole nitrogens is 1. The molecular weight excluding hydrogens is 526 g/mol. The number of fused-ring (bicyclic) bond motifs is 1. The minimum absolute atomic E-state index is 0.0484. The maximum Gasteiger partial charge on any atom is 0.426 e. The molecule has 3 aliphatic rings. The number of hydrogen-bond acceptors (Lipinski definition) is 7. The zero-order valence-corrected chi connectivity index (χ0v) is 22.3. The third kappa shape index (κ3) is 6.19. The molecule has 2 amide bonds. The second kappa shape index (κ2) is 11.9. The van der Waals surface area contributed by atoms with Gasteiger partial charge in [-0.3, -0.25) is 14.8 Å². The highest BCUT2D eigenvalue weighted by molar-refractivity contribution is 9.10. The van der Waals surface area contributed by atoms with Gasteiger partial charge in [0.05, 0.1) is 11.7 Å². The quantitative estimate of drug-likeness (QED) is 0.496. The lowest BCUT2D eigenvalue weighted by atomic mass is 9.99. The maximum atomic E-state index is 13.7. The predicted octanol–water partition coefficient (Wildman–Crippen LogP) is 2.26. The van der Waals surface area contributed by atoms with E-state index in [0.717, 1.165) is 92.3 Å². The molecule has 1 aromatic heterocycles. The van der Waals surface area contributed by atoms with Crippen molar-refractivity contribution in [1.82, 2.24) is 35.7 Å².